The predicted octanol–water partition coefficient (Wildman–Crippen LogP) is 2.50. The molecule has 0 radical (unpaired) electrons. The number of aromatic nitrogens is 2. The molecule has 1 aliphatic heterocycles. The topological polar surface area (TPSA) is 70.4 Å². The summed E-state index contributed by atoms with van der Waals surface area (Å²) in [5, 5.41) is 16.7. The van der Waals surface area contributed by atoms with Crippen molar-refractivity contribution >= 4 is 11.7 Å². The number of aliphatic hydroxyl groups is 1. The maximum absolute atomic E-state index is 12.5. The van der Waals surface area contributed by atoms with Gasteiger partial charge in [-0.15, -0.1) is 0 Å². The number of para-hydroxylation sites is 1. The molecule has 2 heterocycles. The monoisotopic (exact) mass is 314 g/mol. The molecule has 3 rings (SSSR count). The van der Waals surface area contributed by atoms with E-state index in [4.69, 9.17) is 0 Å². The van der Waals surface area contributed by atoms with Gasteiger partial charge in [-0.25, -0.2) is 9.48 Å². The van der Waals surface area contributed by atoms with Crippen LogP contribution in [0.1, 0.15) is 19.8 Å². The highest BCUT2D eigenvalue weighted by Crippen LogP contribution is 2.24. The van der Waals surface area contributed by atoms with E-state index in [0.717, 1.165) is 18.5 Å². The number of nitrogens with one attached hydrogen (secondary N) is 1. The van der Waals surface area contributed by atoms with E-state index in [9.17, 15) is 9.90 Å². The van der Waals surface area contributed by atoms with E-state index in [2.05, 4.69) is 17.3 Å². The van der Waals surface area contributed by atoms with Gasteiger partial charge < -0.3 is 15.3 Å². The molecule has 23 heavy (non-hydrogen) atoms. The number of benzene rings is 1. The highest BCUT2D eigenvalue weighted by Gasteiger charge is 2.31. The van der Waals surface area contributed by atoms with Crippen molar-refractivity contribution in [3.8, 4) is 5.69 Å². The Balaban J connectivity index is 1.69. The summed E-state index contributed by atoms with van der Waals surface area (Å²) in [5.41, 5.74) is 1.58. The van der Waals surface area contributed by atoms with E-state index in [0.29, 0.717) is 18.2 Å². The lowest BCUT2D eigenvalue weighted by Crippen LogP contribution is -2.51. The van der Waals surface area contributed by atoms with Crippen LogP contribution in [-0.4, -0.2) is 45.0 Å². The minimum Gasteiger partial charge on any atom is -0.394 e. The SMILES string of the molecule is CC1CCCN(C(=O)Nc2cnn(-c3ccccc3)c2)C1CO. The number of amides is 2. The number of piperidine rings is 1. The van der Waals surface area contributed by atoms with Gasteiger partial charge in [0.15, 0.2) is 0 Å². The molecule has 1 aromatic carbocycles. The Kier molecular flexibility index (Phi) is 4.62. The van der Waals surface area contributed by atoms with Crippen LogP contribution in [0, 0.1) is 5.92 Å². The van der Waals surface area contributed by atoms with Crippen LogP contribution < -0.4 is 5.32 Å². The third kappa shape index (κ3) is 3.37. The lowest BCUT2D eigenvalue weighted by atomic mass is 9.91. The summed E-state index contributed by atoms with van der Waals surface area (Å²) in [4.78, 5) is 14.2. The van der Waals surface area contributed by atoms with E-state index in [-0.39, 0.29) is 18.7 Å². The van der Waals surface area contributed by atoms with Gasteiger partial charge in [-0.3, -0.25) is 0 Å². The van der Waals surface area contributed by atoms with Crippen molar-refractivity contribution in [2.45, 2.75) is 25.8 Å². The molecule has 0 spiro atoms. The van der Waals surface area contributed by atoms with Gasteiger partial charge >= 0.3 is 6.03 Å². The summed E-state index contributed by atoms with van der Waals surface area (Å²) < 4.78 is 1.72. The molecule has 1 aromatic heterocycles. The van der Waals surface area contributed by atoms with E-state index < -0.39 is 0 Å². The zero-order valence-corrected chi connectivity index (χ0v) is 13.2. The fourth-order valence-corrected chi connectivity index (χ4v) is 3.08. The lowest BCUT2D eigenvalue weighted by molar-refractivity contribution is 0.0811. The predicted molar refractivity (Wildman–Crippen MR) is 88.6 cm³/mol. The number of hydrogen-bond donors (Lipinski definition) is 2. The Labute approximate surface area is 135 Å². The molecular formula is C17H22N4O2. The highest BCUT2D eigenvalue weighted by atomic mass is 16.3. The first-order valence-electron chi connectivity index (χ1n) is 7.97. The van der Waals surface area contributed by atoms with Crippen LogP contribution in [0.25, 0.3) is 5.69 Å². The molecule has 0 saturated carbocycles. The quantitative estimate of drug-likeness (QED) is 0.914. The fourth-order valence-electron chi connectivity index (χ4n) is 3.08. The zero-order valence-electron chi connectivity index (χ0n) is 13.2. The molecular weight excluding hydrogens is 292 g/mol. The van der Waals surface area contributed by atoms with Crippen molar-refractivity contribution in [2.24, 2.45) is 5.92 Å². The Morgan fingerprint density at radius 3 is 2.91 bits per heavy atom. The van der Waals surface area contributed by atoms with Crippen molar-refractivity contribution in [3.05, 3.63) is 42.7 Å². The number of likely N-dealkylation sites (tertiary alicyclic amines) is 1. The average Bonchev–Trinajstić information content (AvgIpc) is 3.04. The van der Waals surface area contributed by atoms with Gasteiger partial charge in [-0.1, -0.05) is 25.1 Å². The van der Waals surface area contributed by atoms with Crippen molar-refractivity contribution in [3.63, 3.8) is 0 Å². The molecule has 2 unspecified atom stereocenters. The van der Waals surface area contributed by atoms with Crippen LogP contribution in [0.5, 0.6) is 0 Å². The molecule has 2 atom stereocenters. The van der Waals surface area contributed by atoms with Crippen LogP contribution >= 0.6 is 0 Å². The first-order valence-corrected chi connectivity index (χ1v) is 7.97. The number of rotatable bonds is 3. The maximum atomic E-state index is 12.5. The number of urea groups is 1. The fraction of sp³-hybridized carbons (Fsp3) is 0.412. The van der Waals surface area contributed by atoms with Gasteiger partial charge in [-0.05, 0) is 30.9 Å². The minimum atomic E-state index is -0.178. The number of aliphatic hydroxyl groups excluding tert-OH is 1. The Morgan fingerprint density at radius 2 is 2.17 bits per heavy atom. The average molecular weight is 314 g/mol. The summed E-state index contributed by atoms with van der Waals surface area (Å²) in [5.74, 6) is 0.312. The maximum Gasteiger partial charge on any atom is 0.322 e. The summed E-state index contributed by atoms with van der Waals surface area (Å²) in [7, 11) is 0. The van der Waals surface area contributed by atoms with E-state index in [1.807, 2.05) is 30.3 Å². The highest BCUT2D eigenvalue weighted by molar-refractivity contribution is 5.89. The minimum absolute atomic E-state index is 0.00212. The molecule has 2 amide bonds. The molecule has 6 heteroatoms. The lowest BCUT2D eigenvalue weighted by Gasteiger charge is -2.38. The van der Waals surface area contributed by atoms with E-state index in [1.54, 1.807) is 22.0 Å². The van der Waals surface area contributed by atoms with Crippen LogP contribution in [0.3, 0.4) is 0 Å². The first kappa shape index (κ1) is 15.6. The van der Waals surface area contributed by atoms with Crippen LogP contribution in [0.2, 0.25) is 0 Å². The number of carbonyl (C=O) groups is 1. The van der Waals surface area contributed by atoms with Gasteiger partial charge in [0.1, 0.15) is 0 Å². The van der Waals surface area contributed by atoms with Crippen LogP contribution in [0.4, 0.5) is 10.5 Å². The van der Waals surface area contributed by atoms with Gasteiger partial charge in [0.25, 0.3) is 0 Å². The molecule has 1 fully saturated rings. The molecule has 6 nitrogen and oxygen atoms in total. The Bertz CT molecular complexity index is 656. The smallest absolute Gasteiger partial charge is 0.322 e. The van der Waals surface area contributed by atoms with E-state index >= 15 is 0 Å². The van der Waals surface area contributed by atoms with Crippen molar-refractivity contribution in [2.75, 3.05) is 18.5 Å². The standard InChI is InChI=1S/C17H22N4O2/c1-13-6-5-9-20(16(13)12-22)17(23)19-14-10-18-21(11-14)15-7-3-2-4-8-15/h2-4,7-8,10-11,13,16,22H,5-6,9,12H2,1H3,(H,19,23). The Morgan fingerprint density at radius 1 is 1.39 bits per heavy atom. The van der Waals surface area contributed by atoms with Gasteiger partial charge in [0.05, 0.1) is 36.4 Å². The van der Waals surface area contributed by atoms with Crippen molar-refractivity contribution < 1.29 is 9.90 Å². The molecule has 0 aliphatic carbocycles. The summed E-state index contributed by atoms with van der Waals surface area (Å²) >= 11 is 0. The van der Waals surface area contributed by atoms with E-state index in [1.165, 1.54) is 0 Å². The summed E-state index contributed by atoms with van der Waals surface area (Å²) in [6.45, 7) is 2.75. The second-order valence-corrected chi connectivity index (χ2v) is 6.00. The second-order valence-electron chi connectivity index (χ2n) is 6.00. The molecule has 1 saturated heterocycles. The number of carbonyl (C=O) groups excluding carboxylic acids is 1. The molecule has 1 aliphatic rings. The second kappa shape index (κ2) is 6.83. The molecule has 2 N–H and O–H groups in total. The summed E-state index contributed by atoms with van der Waals surface area (Å²) in [6.07, 6.45) is 5.43. The number of nitrogens with zero attached hydrogens (tertiary/aromatic N) is 3. The number of anilines is 1. The van der Waals surface area contributed by atoms with Crippen molar-refractivity contribution in [1.82, 2.24) is 14.7 Å². The first-order chi connectivity index (χ1) is 11.2. The van der Waals surface area contributed by atoms with Crippen LogP contribution in [-0.2, 0) is 0 Å². The third-order valence-electron chi connectivity index (χ3n) is 4.42. The van der Waals surface area contributed by atoms with Gasteiger partial charge in [0.2, 0.25) is 0 Å². The molecule has 122 valence electrons. The molecule has 2 aromatic rings. The zero-order chi connectivity index (χ0) is 16.2. The van der Waals surface area contributed by atoms with Gasteiger partial charge in [0, 0.05) is 6.54 Å². The van der Waals surface area contributed by atoms with Crippen LogP contribution in [0.15, 0.2) is 42.7 Å². The van der Waals surface area contributed by atoms with Crippen molar-refractivity contribution in [1.29, 1.82) is 0 Å². The molecule has 0 bridgehead atoms. The van der Waals surface area contributed by atoms with Gasteiger partial charge in [-0.2, -0.15) is 5.10 Å². The largest absolute Gasteiger partial charge is 0.394 e. The normalized spacial score (nSPS) is 21.2. The Hall–Kier alpha value is -2.34. The number of hydrogen-bond acceptors (Lipinski definition) is 3. The third-order valence-corrected chi connectivity index (χ3v) is 4.42. The summed E-state index contributed by atoms with van der Waals surface area (Å²) in [6, 6.07) is 9.44.